The molecule has 0 saturated carbocycles. The fourth-order valence-electron chi connectivity index (χ4n) is 4.09. The van der Waals surface area contributed by atoms with Gasteiger partial charge in [0.1, 0.15) is 24.2 Å². The summed E-state index contributed by atoms with van der Waals surface area (Å²) in [6, 6.07) is -0.172. The maximum absolute atomic E-state index is 11.3. The van der Waals surface area contributed by atoms with Gasteiger partial charge in [0.05, 0.1) is 0 Å². The Morgan fingerprint density at radius 3 is 1.43 bits per heavy atom. The quantitative estimate of drug-likeness (QED) is 0.113. The second-order valence-electron chi connectivity index (χ2n) is 9.39. The molecule has 0 fully saturated rings. The van der Waals surface area contributed by atoms with Gasteiger partial charge in [0.15, 0.2) is 0 Å². The molecule has 1 aromatic carbocycles. The smallest absolute Gasteiger partial charge is 0.320 e. The average Bonchev–Trinajstić information content (AvgIpc) is 2.83. The molecule has 208 valence electrons. The van der Waals surface area contributed by atoms with E-state index in [2.05, 4.69) is 0 Å². The molecule has 0 bridgehead atoms. The molecule has 4 atom stereocenters. The van der Waals surface area contributed by atoms with Crippen LogP contribution in [0.25, 0.3) is 0 Å². The lowest BCUT2D eigenvalue weighted by Gasteiger charge is -2.20. The molecular formula is C25H40N4O8. The summed E-state index contributed by atoms with van der Waals surface area (Å²) in [5.41, 5.74) is 26.3. The van der Waals surface area contributed by atoms with Gasteiger partial charge in [0.25, 0.3) is 0 Å². The third kappa shape index (κ3) is 11.7. The van der Waals surface area contributed by atoms with Crippen LogP contribution >= 0.6 is 0 Å². The van der Waals surface area contributed by atoms with E-state index in [0.29, 0.717) is 51.4 Å². The molecule has 12 N–H and O–H groups in total. The lowest BCUT2D eigenvalue weighted by molar-refractivity contribution is -0.139. The fourth-order valence-corrected chi connectivity index (χ4v) is 4.09. The molecule has 0 unspecified atom stereocenters. The van der Waals surface area contributed by atoms with Crippen molar-refractivity contribution >= 4 is 23.9 Å². The van der Waals surface area contributed by atoms with Gasteiger partial charge in [0, 0.05) is 0 Å². The summed E-state index contributed by atoms with van der Waals surface area (Å²) >= 11 is 0. The second-order valence-corrected chi connectivity index (χ2v) is 9.39. The standard InChI is InChI=1S/C25H40N4O8/c26-18(22(30)31)6-2-1-4-15-12-14(8-10-20(28)24(34)35)13-16(9-11-21(29)25(36)37)17(15)5-3-7-19(27)23(32)33/h12-13,18-21H,1-11,26-29H2,(H,30,31)(H,32,33)(H,34,35)(H,36,37)/t18-,19-,20-,21-/m0/s1/i12+1,13+1,17+1. The van der Waals surface area contributed by atoms with Crippen LogP contribution < -0.4 is 22.9 Å². The Morgan fingerprint density at radius 1 is 0.541 bits per heavy atom. The van der Waals surface area contributed by atoms with Crippen LogP contribution in [-0.4, -0.2) is 68.5 Å². The van der Waals surface area contributed by atoms with Gasteiger partial charge in [-0.25, -0.2) is 0 Å². The van der Waals surface area contributed by atoms with E-state index < -0.39 is 48.0 Å². The molecular weight excluding hydrogens is 487 g/mol. The molecule has 1 aromatic rings. The average molecular weight is 528 g/mol. The maximum atomic E-state index is 11.3. The van der Waals surface area contributed by atoms with Crippen LogP contribution in [0.3, 0.4) is 0 Å². The van der Waals surface area contributed by atoms with Crippen molar-refractivity contribution < 1.29 is 39.6 Å². The minimum absolute atomic E-state index is 0.183. The monoisotopic (exact) mass is 527 g/mol. The van der Waals surface area contributed by atoms with Gasteiger partial charge in [-0.15, -0.1) is 0 Å². The van der Waals surface area contributed by atoms with Crippen LogP contribution in [0.2, 0.25) is 0 Å². The SMILES string of the molecule is N[C@@H](CCCCc1[13cH]c(CC[C@H](N)C(=O)O)[13cH]c(CC[C@H](N)C(=O)O)[13c]1CCC[C@H](N)C(=O)O)C(=O)O. The number of carboxylic acids is 4. The van der Waals surface area contributed by atoms with E-state index in [1.165, 1.54) is 0 Å². The second kappa shape index (κ2) is 15.9. The molecule has 0 heterocycles. The Kier molecular flexibility index (Phi) is 13.8. The number of aryl methyl sites for hydroxylation is 3. The summed E-state index contributed by atoms with van der Waals surface area (Å²) < 4.78 is 0. The number of carboxylic acid groups (broad SMARTS) is 4. The minimum atomic E-state index is -1.12. The van der Waals surface area contributed by atoms with E-state index in [1.807, 2.05) is 12.1 Å². The van der Waals surface area contributed by atoms with Gasteiger partial charge in [0.2, 0.25) is 0 Å². The third-order valence-electron chi connectivity index (χ3n) is 6.39. The summed E-state index contributed by atoms with van der Waals surface area (Å²) in [4.78, 5) is 44.5. The Labute approximate surface area is 216 Å². The van der Waals surface area contributed by atoms with Gasteiger partial charge < -0.3 is 43.4 Å². The summed E-state index contributed by atoms with van der Waals surface area (Å²) in [6.07, 6.45) is 4.53. The van der Waals surface area contributed by atoms with Crippen molar-refractivity contribution in [1.82, 2.24) is 0 Å². The van der Waals surface area contributed by atoms with E-state index in [-0.39, 0.29) is 19.3 Å². The zero-order chi connectivity index (χ0) is 28.1. The Morgan fingerprint density at radius 2 is 0.946 bits per heavy atom. The van der Waals surface area contributed by atoms with Crippen molar-refractivity contribution in [3.63, 3.8) is 0 Å². The molecule has 0 amide bonds. The molecule has 0 aliphatic carbocycles. The lowest BCUT2D eigenvalue weighted by Crippen LogP contribution is -2.31. The number of rotatable bonds is 19. The lowest BCUT2D eigenvalue weighted by atomic mass is 10.0. The fraction of sp³-hybridized carbons (Fsp3) is 0.600. The molecule has 0 saturated heterocycles. The molecule has 1 rings (SSSR count). The van der Waals surface area contributed by atoms with Crippen LogP contribution in [0, 0.1) is 0 Å². The van der Waals surface area contributed by atoms with E-state index in [9.17, 15) is 24.3 Å². The van der Waals surface area contributed by atoms with Crippen molar-refractivity contribution in [2.75, 3.05) is 0 Å². The first-order chi connectivity index (χ1) is 17.3. The van der Waals surface area contributed by atoms with Gasteiger partial charge in [-0.05, 0) is 86.5 Å². The van der Waals surface area contributed by atoms with Crippen LogP contribution in [-0.2, 0) is 44.9 Å². The normalized spacial score (nSPS) is 14.5. The Balaban J connectivity index is 3.24. The molecule has 37 heavy (non-hydrogen) atoms. The first kappa shape index (κ1) is 32.0. The molecule has 0 aliphatic rings. The number of aliphatic carboxylic acids is 4. The van der Waals surface area contributed by atoms with Crippen molar-refractivity contribution in [3.8, 4) is 0 Å². The number of carbonyl (C=O) groups is 4. The first-order valence-electron chi connectivity index (χ1n) is 12.4. The third-order valence-corrected chi connectivity index (χ3v) is 6.39. The van der Waals surface area contributed by atoms with Crippen LogP contribution in [0.5, 0.6) is 0 Å². The van der Waals surface area contributed by atoms with Crippen molar-refractivity contribution in [1.29, 1.82) is 0 Å². The highest BCUT2D eigenvalue weighted by molar-refractivity contribution is 5.74. The largest absolute Gasteiger partial charge is 0.480 e. The van der Waals surface area contributed by atoms with Gasteiger partial charge in [-0.1, -0.05) is 18.6 Å². The van der Waals surface area contributed by atoms with Crippen molar-refractivity contribution in [3.05, 3.63) is 34.4 Å². The molecule has 12 heteroatoms. The number of hydrogen-bond acceptors (Lipinski definition) is 8. The molecule has 0 aromatic heterocycles. The highest BCUT2D eigenvalue weighted by atomic mass is 16.4. The topological polar surface area (TPSA) is 253 Å². The number of hydrogen-bond donors (Lipinski definition) is 8. The summed E-state index contributed by atoms with van der Waals surface area (Å²) in [5, 5.41) is 36.4. The van der Waals surface area contributed by atoms with E-state index in [4.69, 9.17) is 38.3 Å². The highest BCUT2D eigenvalue weighted by Gasteiger charge is 2.19. The van der Waals surface area contributed by atoms with Crippen LogP contribution in [0.1, 0.15) is 67.2 Å². The van der Waals surface area contributed by atoms with E-state index >= 15 is 0 Å². The molecule has 0 radical (unpaired) electrons. The minimum Gasteiger partial charge on any atom is -0.480 e. The van der Waals surface area contributed by atoms with E-state index in [1.54, 1.807) is 0 Å². The number of unbranched alkanes of at least 4 members (excludes halogenated alkanes) is 1. The van der Waals surface area contributed by atoms with Gasteiger partial charge >= 0.3 is 23.9 Å². The Bertz CT molecular complexity index is 940. The maximum Gasteiger partial charge on any atom is 0.320 e. The first-order valence-corrected chi connectivity index (χ1v) is 12.4. The summed E-state index contributed by atoms with van der Waals surface area (Å²) in [5.74, 6) is -4.38. The van der Waals surface area contributed by atoms with Crippen molar-refractivity contribution in [2.24, 2.45) is 22.9 Å². The number of nitrogens with two attached hydrogens (primary N) is 4. The Hall–Kier alpha value is -3.06. The predicted octanol–water partition coefficient (Wildman–Crippen LogP) is 0.235. The molecule has 12 nitrogen and oxygen atoms in total. The zero-order valence-corrected chi connectivity index (χ0v) is 21.0. The zero-order valence-electron chi connectivity index (χ0n) is 21.0. The number of benzene rings is 1. The highest BCUT2D eigenvalue weighted by Crippen LogP contribution is 2.25. The van der Waals surface area contributed by atoms with Crippen LogP contribution in [0.4, 0.5) is 0 Å². The van der Waals surface area contributed by atoms with Gasteiger partial charge in [-0.2, -0.15) is 0 Å². The van der Waals surface area contributed by atoms with E-state index in [0.717, 1.165) is 22.3 Å². The summed E-state index contributed by atoms with van der Waals surface area (Å²) in [7, 11) is 0. The summed E-state index contributed by atoms with van der Waals surface area (Å²) in [6.45, 7) is 0. The molecule has 0 spiro atoms. The molecule has 0 aliphatic heterocycles. The predicted molar refractivity (Wildman–Crippen MR) is 136 cm³/mol. The van der Waals surface area contributed by atoms with Gasteiger partial charge in [-0.3, -0.25) is 19.2 Å². The van der Waals surface area contributed by atoms with Crippen LogP contribution in [0.15, 0.2) is 12.1 Å². The van der Waals surface area contributed by atoms with Crippen molar-refractivity contribution in [2.45, 2.75) is 94.8 Å².